The van der Waals surface area contributed by atoms with Gasteiger partial charge in [0, 0.05) is 13.1 Å². The molecule has 1 unspecified atom stereocenters. The standard InChI is InChI=1S/C14H25NO3S/c1-10(2)19-9-12(16)15-7-5-6-11(8-15)14(3,4)13(17)18/h10-11H,5-9H2,1-4H3,(H,17,18). The molecule has 1 rings (SSSR count). The molecular formula is C14H25NO3S. The molecule has 1 N–H and O–H groups in total. The zero-order valence-corrected chi connectivity index (χ0v) is 13.1. The summed E-state index contributed by atoms with van der Waals surface area (Å²) in [5.41, 5.74) is -0.760. The fraction of sp³-hybridized carbons (Fsp3) is 0.857. The Bertz CT molecular complexity index is 342. The Hall–Kier alpha value is -0.710. The average molecular weight is 287 g/mol. The zero-order valence-electron chi connectivity index (χ0n) is 12.3. The van der Waals surface area contributed by atoms with Crippen molar-refractivity contribution in [1.29, 1.82) is 0 Å². The van der Waals surface area contributed by atoms with Crippen LogP contribution in [0.1, 0.15) is 40.5 Å². The van der Waals surface area contributed by atoms with Crippen molar-refractivity contribution in [2.24, 2.45) is 11.3 Å². The van der Waals surface area contributed by atoms with Gasteiger partial charge in [0.15, 0.2) is 0 Å². The minimum atomic E-state index is -0.775. The number of piperidine rings is 1. The lowest BCUT2D eigenvalue weighted by molar-refractivity contribution is -0.152. The number of carbonyl (C=O) groups excluding carboxylic acids is 1. The van der Waals surface area contributed by atoms with Crippen LogP contribution in [0.2, 0.25) is 0 Å². The van der Waals surface area contributed by atoms with Crippen molar-refractivity contribution in [3.05, 3.63) is 0 Å². The Morgan fingerprint density at radius 1 is 1.42 bits per heavy atom. The maximum Gasteiger partial charge on any atom is 0.309 e. The van der Waals surface area contributed by atoms with Crippen LogP contribution in [0.4, 0.5) is 0 Å². The first kappa shape index (κ1) is 16.3. The molecular weight excluding hydrogens is 262 g/mol. The van der Waals surface area contributed by atoms with E-state index in [0.29, 0.717) is 17.5 Å². The molecule has 1 aliphatic heterocycles. The van der Waals surface area contributed by atoms with Gasteiger partial charge in [-0.2, -0.15) is 0 Å². The maximum atomic E-state index is 12.1. The predicted octanol–water partition coefficient (Wildman–Crippen LogP) is 2.48. The molecule has 0 radical (unpaired) electrons. The molecule has 110 valence electrons. The molecule has 19 heavy (non-hydrogen) atoms. The van der Waals surface area contributed by atoms with Crippen molar-refractivity contribution < 1.29 is 14.7 Å². The molecule has 1 heterocycles. The second-order valence-electron chi connectivity index (χ2n) is 6.07. The Kier molecular flexibility index (Phi) is 5.71. The van der Waals surface area contributed by atoms with Gasteiger partial charge in [-0.15, -0.1) is 11.8 Å². The third-order valence-electron chi connectivity index (χ3n) is 3.89. The molecule has 1 atom stereocenters. The van der Waals surface area contributed by atoms with Crippen molar-refractivity contribution in [3.8, 4) is 0 Å². The van der Waals surface area contributed by atoms with E-state index in [-0.39, 0.29) is 11.8 Å². The molecule has 1 aliphatic rings. The van der Waals surface area contributed by atoms with E-state index in [1.54, 1.807) is 25.6 Å². The molecule has 4 nitrogen and oxygen atoms in total. The van der Waals surface area contributed by atoms with Gasteiger partial charge in [-0.3, -0.25) is 9.59 Å². The number of aliphatic carboxylic acids is 1. The maximum absolute atomic E-state index is 12.1. The van der Waals surface area contributed by atoms with Gasteiger partial charge in [-0.05, 0) is 37.9 Å². The van der Waals surface area contributed by atoms with E-state index < -0.39 is 11.4 Å². The Balaban J connectivity index is 2.59. The number of rotatable bonds is 5. The summed E-state index contributed by atoms with van der Waals surface area (Å²) in [6.45, 7) is 9.02. The van der Waals surface area contributed by atoms with Crippen LogP contribution in [0.5, 0.6) is 0 Å². The van der Waals surface area contributed by atoms with Crippen LogP contribution in [0, 0.1) is 11.3 Å². The summed E-state index contributed by atoms with van der Waals surface area (Å²) in [7, 11) is 0. The molecule has 0 aromatic heterocycles. The average Bonchev–Trinajstić information content (AvgIpc) is 2.35. The number of likely N-dealkylation sites (tertiary alicyclic amines) is 1. The quantitative estimate of drug-likeness (QED) is 0.844. The highest BCUT2D eigenvalue weighted by atomic mass is 32.2. The van der Waals surface area contributed by atoms with E-state index in [2.05, 4.69) is 13.8 Å². The second kappa shape index (κ2) is 6.64. The van der Waals surface area contributed by atoms with E-state index in [9.17, 15) is 14.7 Å². The van der Waals surface area contributed by atoms with Crippen LogP contribution in [0.3, 0.4) is 0 Å². The highest BCUT2D eigenvalue weighted by Gasteiger charge is 2.39. The first-order valence-corrected chi connectivity index (χ1v) is 7.92. The van der Waals surface area contributed by atoms with Crippen LogP contribution in [-0.2, 0) is 9.59 Å². The number of carbonyl (C=O) groups is 2. The summed E-state index contributed by atoms with van der Waals surface area (Å²) in [5.74, 6) is -0.0857. The lowest BCUT2D eigenvalue weighted by Gasteiger charge is -2.39. The van der Waals surface area contributed by atoms with Crippen molar-refractivity contribution >= 4 is 23.6 Å². The largest absolute Gasteiger partial charge is 0.481 e. The molecule has 1 saturated heterocycles. The molecule has 5 heteroatoms. The predicted molar refractivity (Wildman–Crippen MR) is 78.3 cm³/mol. The molecule has 0 saturated carbocycles. The third kappa shape index (κ3) is 4.41. The third-order valence-corrected chi connectivity index (χ3v) is 4.97. The minimum Gasteiger partial charge on any atom is -0.481 e. The van der Waals surface area contributed by atoms with E-state index in [4.69, 9.17) is 0 Å². The van der Waals surface area contributed by atoms with Crippen molar-refractivity contribution in [3.63, 3.8) is 0 Å². The molecule has 0 aromatic carbocycles. The summed E-state index contributed by atoms with van der Waals surface area (Å²) in [6.07, 6.45) is 1.79. The van der Waals surface area contributed by atoms with Crippen LogP contribution < -0.4 is 0 Å². The number of thioether (sulfide) groups is 1. The normalized spacial score (nSPS) is 20.7. The Labute approximate surface area is 119 Å². The van der Waals surface area contributed by atoms with Crippen molar-refractivity contribution in [2.45, 2.75) is 45.8 Å². The van der Waals surface area contributed by atoms with Gasteiger partial charge in [0.05, 0.1) is 11.2 Å². The van der Waals surface area contributed by atoms with Gasteiger partial charge in [-0.25, -0.2) is 0 Å². The fourth-order valence-corrected chi connectivity index (χ4v) is 2.96. The molecule has 1 amide bonds. The van der Waals surface area contributed by atoms with Crippen molar-refractivity contribution in [2.75, 3.05) is 18.8 Å². The lowest BCUT2D eigenvalue weighted by Crippen LogP contribution is -2.47. The number of carboxylic acid groups (broad SMARTS) is 1. The van der Waals surface area contributed by atoms with E-state index in [0.717, 1.165) is 19.4 Å². The van der Waals surface area contributed by atoms with Gasteiger partial charge in [0.25, 0.3) is 0 Å². The second-order valence-corrected chi connectivity index (χ2v) is 7.63. The van der Waals surface area contributed by atoms with Gasteiger partial charge < -0.3 is 10.0 Å². The number of amides is 1. The van der Waals surface area contributed by atoms with Crippen molar-refractivity contribution in [1.82, 2.24) is 4.90 Å². The smallest absolute Gasteiger partial charge is 0.309 e. The number of hydrogen-bond acceptors (Lipinski definition) is 3. The molecule has 0 aromatic rings. The van der Waals surface area contributed by atoms with Gasteiger partial charge in [0.2, 0.25) is 5.91 Å². The number of carboxylic acids is 1. The first-order chi connectivity index (χ1) is 8.75. The summed E-state index contributed by atoms with van der Waals surface area (Å²) < 4.78 is 0. The van der Waals surface area contributed by atoms with Crippen LogP contribution in [0.25, 0.3) is 0 Å². The number of nitrogens with zero attached hydrogens (tertiary/aromatic N) is 1. The van der Waals surface area contributed by atoms with E-state index >= 15 is 0 Å². The summed E-state index contributed by atoms with van der Waals surface area (Å²) in [4.78, 5) is 25.2. The summed E-state index contributed by atoms with van der Waals surface area (Å²) >= 11 is 1.64. The Morgan fingerprint density at radius 2 is 2.05 bits per heavy atom. The first-order valence-electron chi connectivity index (χ1n) is 6.88. The van der Waals surface area contributed by atoms with E-state index in [1.807, 2.05) is 4.90 Å². The zero-order chi connectivity index (χ0) is 14.6. The highest BCUT2D eigenvalue weighted by molar-refractivity contribution is 8.00. The van der Waals surface area contributed by atoms with Crippen LogP contribution in [-0.4, -0.2) is 46.0 Å². The molecule has 0 aliphatic carbocycles. The van der Waals surface area contributed by atoms with E-state index in [1.165, 1.54) is 0 Å². The number of hydrogen-bond donors (Lipinski definition) is 1. The Morgan fingerprint density at radius 3 is 2.58 bits per heavy atom. The highest BCUT2D eigenvalue weighted by Crippen LogP contribution is 2.34. The summed E-state index contributed by atoms with van der Waals surface area (Å²) in [5, 5.41) is 9.73. The lowest BCUT2D eigenvalue weighted by atomic mass is 9.74. The van der Waals surface area contributed by atoms with Crippen LogP contribution in [0.15, 0.2) is 0 Å². The topological polar surface area (TPSA) is 57.6 Å². The monoisotopic (exact) mass is 287 g/mol. The van der Waals surface area contributed by atoms with Gasteiger partial charge in [-0.1, -0.05) is 13.8 Å². The SMILES string of the molecule is CC(C)SCC(=O)N1CCCC(C(C)(C)C(=O)O)C1. The van der Waals surface area contributed by atoms with Crippen LogP contribution >= 0.6 is 11.8 Å². The fourth-order valence-electron chi connectivity index (χ4n) is 2.30. The minimum absolute atomic E-state index is 0.0479. The van der Waals surface area contributed by atoms with Gasteiger partial charge >= 0.3 is 5.97 Å². The van der Waals surface area contributed by atoms with Gasteiger partial charge in [0.1, 0.15) is 0 Å². The molecule has 1 fully saturated rings. The summed E-state index contributed by atoms with van der Waals surface area (Å²) in [6, 6.07) is 0. The molecule has 0 bridgehead atoms. The molecule has 0 spiro atoms.